The van der Waals surface area contributed by atoms with E-state index >= 15 is 0 Å². The van der Waals surface area contributed by atoms with E-state index in [0.29, 0.717) is 0 Å². The van der Waals surface area contributed by atoms with E-state index in [9.17, 15) is 0 Å². The third-order valence-electron chi connectivity index (χ3n) is 7.90. The first kappa shape index (κ1) is 23.2. The van der Waals surface area contributed by atoms with Crippen molar-refractivity contribution in [2.24, 2.45) is 0 Å². The summed E-state index contributed by atoms with van der Waals surface area (Å²) in [6.07, 6.45) is 1.88. The summed E-state index contributed by atoms with van der Waals surface area (Å²) < 4.78 is 3.44. The summed E-state index contributed by atoms with van der Waals surface area (Å²) in [5, 5.41) is 7.52. The van der Waals surface area contributed by atoms with Crippen LogP contribution in [-0.2, 0) is 0 Å². The van der Waals surface area contributed by atoms with Crippen molar-refractivity contribution in [2.45, 2.75) is 0 Å². The number of benzene rings is 6. The van der Waals surface area contributed by atoms with Crippen LogP contribution in [0.2, 0.25) is 0 Å². The van der Waals surface area contributed by atoms with Gasteiger partial charge in [-0.3, -0.25) is 4.57 Å². The van der Waals surface area contributed by atoms with E-state index in [1.165, 1.54) is 60.1 Å². The molecule has 2 nitrogen and oxygen atoms in total. The fraction of sp³-hybridized carbons (Fsp3) is 0. The molecule has 0 aliphatic heterocycles. The molecule has 6 aromatic carbocycles. The van der Waals surface area contributed by atoms with Crippen molar-refractivity contribution in [3.8, 4) is 28.1 Å². The second kappa shape index (κ2) is 9.18. The standard InChI is InChI=1S/C37H23BrN2/c38-33-17-6-5-12-27(33)26-11-9-10-24(22-26)25-19-20-32-34(23-25)40(35-18-7-8-21-39-35)37-31-16-4-2-14-29(31)28-13-1-3-15-30(28)36(32)37/h1-23H. The van der Waals surface area contributed by atoms with Gasteiger partial charge >= 0.3 is 0 Å². The molecule has 0 amide bonds. The molecule has 0 unspecified atom stereocenters. The zero-order valence-corrected chi connectivity index (χ0v) is 23.1. The molecule has 0 radical (unpaired) electrons. The van der Waals surface area contributed by atoms with Crippen LogP contribution in [0, 0.1) is 0 Å². The Hall–Kier alpha value is -4.73. The van der Waals surface area contributed by atoms with Gasteiger partial charge in [0.15, 0.2) is 0 Å². The van der Waals surface area contributed by atoms with Crippen LogP contribution in [0.1, 0.15) is 0 Å². The molecule has 2 heterocycles. The minimum absolute atomic E-state index is 0.919. The molecule has 8 aromatic rings. The van der Waals surface area contributed by atoms with Crippen LogP contribution >= 0.6 is 15.9 Å². The minimum Gasteiger partial charge on any atom is -0.293 e. The maximum atomic E-state index is 4.83. The van der Waals surface area contributed by atoms with E-state index in [2.05, 4.69) is 148 Å². The summed E-state index contributed by atoms with van der Waals surface area (Å²) in [7, 11) is 0. The number of rotatable bonds is 3. The van der Waals surface area contributed by atoms with Crippen molar-refractivity contribution in [1.29, 1.82) is 0 Å². The third kappa shape index (κ3) is 3.52. The molecule has 0 aliphatic rings. The van der Waals surface area contributed by atoms with Gasteiger partial charge in [0.05, 0.1) is 11.0 Å². The Morgan fingerprint density at radius 2 is 1.18 bits per heavy atom. The number of hydrogen-bond donors (Lipinski definition) is 0. The zero-order chi connectivity index (χ0) is 26.6. The second-order valence-corrected chi connectivity index (χ2v) is 11.0. The lowest BCUT2D eigenvalue weighted by Gasteiger charge is -2.11. The summed E-state index contributed by atoms with van der Waals surface area (Å²) in [6, 6.07) is 47.7. The first-order valence-corrected chi connectivity index (χ1v) is 14.2. The van der Waals surface area contributed by atoms with Gasteiger partial charge in [0, 0.05) is 26.8 Å². The van der Waals surface area contributed by atoms with Crippen LogP contribution in [-0.4, -0.2) is 9.55 Å². The Kier molecular flexibility index (Phi) is 5.32. The van der Waals surface area contributed by atoms with Crippen LogP contribution in [0.3, 0.4) is 0 Å². The topological polar surface area (TPSA) is 17.8 Å². The summed E-state index contributed by atoms with van der Waals surface area (Å²) in [6.45, 7) is 0. The number of hydrogen-bond acceptors (Lipinski definition) is 1. The van der Waals surface area contributed by atoms with Crippen LogP contribution in [0.15, 0.2) is 144 Å². The molecule has 188 valence electrons. The lowest BCUT2D eigenvalue weighted by atomic mass is 9.95. The molecule has 8 rings (SSSR count). The molecule has 0 N–H and O–H groups in total. The molecule has 0 fully saturated rings. The highest BCUT2D eigenvalue weighted by Crippen LogP contribution is 2.43. The smallest absolute Gasteiger partial charge is 0.137 e. The normalized spacial score (nSPS) is 11.6. The SMILES string of the molecule is Brc1ccccc1-c1cccc(-c2ccc3c4c5ccccc5c5ccccc5c4n(-c4ccccn4)c3c2)c1. The van der Waals surface area contributed by atoms with E-state index in [1.807, 2.05) is 12.3 Å². The zero-order valence-electron chi connectivity index (χ0n) is 21.6. The fourth-order valence-corrected chi connectivity index (χ4v) is 6.65. The van der Waals surface area contributed by atoms with Crippen molar-refractivity contribution in [3.63, 3.8) is 0 Å². The Morgan fingerprint density at radius 1 is 0.500 bits per heavy atom. The van der Waals surface area contributed by atoms with E-state index in [1.54, 1.807) is 0 Å². The average Bonchev–Trinajstić information content (AvgIpc) is 3.37. The number of halogens is 1. The Morgan fingerprint density at radius 3 is 1.98 bits per heavy atom. The molecular weight excluding hydrogens is 552 g/mol. The highest BCUT2D eigenvalue weighted by Gasteiger charge is 2.19. The summed E-state index contributed by atoms with van der Waals surface area (Å²) in [5.74, 6) is 0.919. The molecule has 0 spiro atoms. The molecule has 0 saturated heterocycles. The monoisotopic (exact) mass is 574 g/mol. The predicted molar refractivity (Wildman–Crippen MR) is 172 cm³/mol. The van der Waals surface area contributed by atoms with Gasteiger partial charge in [-0.2, -0.15) is 0 Å². The van der Waals surface area contributed by atoms with Crippen LogP contribution in [0.25, 0.3) is 71.4 Å². The average molecular weight is 576 g/mol. The van der Waals surface area contributed by atoms with Gasteiger partial charge in [0.2, 0.25) is 0 Å². The Labute approximate surface area is 240 Å². The van der Waals surface area contributed by atoms with E-state index in [4.69, 9.17) is 4.98 Å². The van der Waals surface area contributed by atoms with Crippen molar-refractivity contribution in [2.75, 3.05) is 0 Å². The third-order valence-corrected chi connectivity index (χ3v) is 8.59. The van der Waals surface area contributed by atoms with Gasteiger partial charge in [0.1, 0.15) is 5.82 Å². The number of nitrogens with zero attached hydrogens (tertiary/aromatic N) is 2. The minimum atomic E-state index is 0.919. The van der Waals surface area contributed by atoms with E-state index < -0.39 is 0 Å². The molecule has 2 aromatic heterocycles. The molecule has 3 heteroatoms. The lowest BCUT2D eigenvalue weighted by Crippen LogP contribution is -1.97. The van der Waals surface area contributed by atoms with Crippen molar-refractivity contribution in [3.05, 3.63) is 144 Å². The largest absolute Gasteiger partial charge is 0.293 e. The Balaban J connectivity index is 1.48. The summed E-state index contributed by atoms with van der Waals surface area (Å²) >= 11 is 3.73. The van der Waals surface area contributed by atoms with E-state index in [-0.39, 0.29) is 0 Å². The van der Waals surface area contributed by atoms with Crippen molar-refractivity contribution in [1.82, 2.24) is 9.55 Å². The highest BCUT2D eigenvalue weighted by atomic mass is 79.9. The number of pyridine rings is 1. The molecular formula is C37H23BrN2. The van der Waals surface area contributed by atoms with Gasteiger partial charge < -0.3 is 0 Å². The molecule has 0 aliphatic carbocycles. The van der Waals surface area contributed by atoms with Crippen LogP contribution in [0.5, 0.6) is 0 Å². The van der Waals surface area contributed by atoms with Gasteiger partial charge in [-0.05, 0) is 68.7 Å². The highest BCUT2D eigenvalue weighted by molar-refractivity contribution is 9.10. The summed E-state index contributed by atoms with van der Waals surface area (Å²) in [5.41, 5.74) is 7.08. The van der Waals surface area contributed by atoms with Crippen LogP contribution in [0.4, 0.5) is 0 Å². The first-order valence-electron chi connectivity index (χ1n) is 13.4. The number of fused-ring (bicyclic) bond motifs is 8. The Bertz CT molecular complexity index is 2230. The molecule has 0 saturated carbocycles. The van der Waals surface area contributed by atoms with Gasteiger partial charge in [-0.25, -0.2) is 4.98 Å². The fourth-order valence-electron chi connectivity index (χ4n) is 6.14. The maximum Gasteiger partial charge on any atom is 0.137 e. The second-order valence-electron chi connectivity index (χ2n) is 10.1. The van der Waals surface area contributed by atoms with E-state index in [0.717, 1.165) is 15.8 Å². The van der Waals surface area contributed by atoms with Crippen molar-refractivity contribution < 1.29 is 0 Å². The van der Waals surface area contributed by atoms with Crippen molar-refractivity contribution >= 4 is 59.3 Å². The summed E-state index contributed by atoms with van der Waals surface area (Å²) in [4.78, 5) is 4.83. The van der Waals surface area contributed by atoms with Gasteiger partial charge in [-0.15, -0.1) is 0 Å². The quantitative estimate of drug-likeness (QED) is 0.192. The predicted octanol–water partition coefficient (Wildman–Crippen LogP) is 10.6. The maximum absolute atomic E-state index is 4.83. The first-order chi connectivity index (χ1) is 19.8. The lowest BCUT2D eigenvalue weighted by molar-refractivity contribution is 1.08. The molecule has 0 atom stereocenters. The van der Waals surface area contributed by atoms with Crippen LogP contribution < -0.4 is 0 Å². The van der Waals surface area contributed by atoms with Gasteiger partial charge in [-0.1, -0.05) is 119 Å². The molecule has 40 heavy (non-hydrogen) atoms. The number of aromatic nitrogens is 2. The van der Waals surface area contributed by atoms with Gasteiger partial charge in [0.25, 0.3) is 0 Å². The molecule has 0 bridgehead atoms.